The summed E-state index contributed by atoms with van der Waals surface area (Å²) in [6.45, 7) is 7.81. The first-order valence-electron chi connectivity index (χ1n) is 10.4. The molecule has 2 aromatic heterocycles. The molecule has 0 saturated carbocycles. The number of thiazole rings is 1. The van der Waals surface area contributed by atoms with Crippen molar-refractivity contribution in [2.75, 3.05) is 4.90 Å². The van der Waals surface area contributed by atoms with Gasteiger partial charge in [0.15, 0.2) is 10.6 Å². The summed E-state index contributed by atoms with van der Waals surface area (Å²) in [6.07, 6.45) is 1.64. The van der Waals surface area contributed by atoms with Crippen molar-refractivity contribution in [2.45, 2.75) is 39.8 Å². The summed E-state index contributed by atoms with van der Waals surface area (Å²) >= 11 is 1.34. The summed E-state index contributed by atoms with van der Waals surface area (Å²) in [5, 5.41) is 2.79. The zero-order valence-electron chi connectivity index (χ0n) is 18.2. The first-order chi connectivity index (χ1) is 15.3. The summed E-state index contributed by atoms with van der Waals surface area (Å²) in [5.74, 6) is 0.377. The first-order valence-corrected chi connectivity index (χ1v) is 11.3. The molecule has 0 spiro atoms. The molecule has 3 heterocycles. The van der Waals surface area contributed by atoms with Crippen LogP contribution in [0.5, 0.6) is 5.75 Å². The zero-order chi connectivity index (χ0) is 22.6. The maximum Gasteiger partial charge on any atom is 0.297 e. The van der Waals surface area contributed by atoms with Gasteiger partial charge in [0.2, 0.25) is 5.76 Å². The molecule has 4 aromatic rings. The standard InChI is InChI=1S/C25H22N2O4S/c1-13(2)30-17-7-5-6-16(12-17)21-20-22(28)18-10-14(3)15(4)11-19(18)31-23(20)24(29)27(21)25-26-8-9-32-25/h5-13,21H,1-4H3/t21-/m0/s1. The molecular weight excluding hydrogens is 424 g/mol. The van der Waals surface area contributed by atoms with Gasteiger partial charge >= 0.3 is 0 Å². The highest BCUT2D eigenvalue weighted by molar-refractivity contribution is 7.13. The first kappa shape index (κ1) is 20.5. The highest BCUT2D eigenvalue weighted by Crippen LogP contribution is 2.42. The van der Waals surface area contributed by atoms with E-state index in [9.17, 15) is 9.59 Å². The Hall–Kier alpha value is -3.45. The average Bonchev–Trinajstić information content (AvgIpc) is 3.36. The molecular formula is C25H22N2O4S. The fraction of sp³-hybridized carbons (Fsp3) is 0.240. The number of anilines is 1. The van der Waals surface area contributed by atoms with E-state index in [4.69, 9.17) is 9.15 Å². The van der Waals surface area contributed by atoms with E-state index in [1.807, 2.05) is 64.1 Å². The fourth-order valence-corrected chi connectivity index (χ4v) is 4.77. The van der Waals surface area contributed by atoms with Gasteiger partial charge in [-0.3, -0.25) is 14.5 Å². The van der Waals surface area contributed by atoms with Crippen LogP contribution < -0.4 is 15.1 Å². The molecule has 0 fully saturated rings. The number of nitrogens with zero attached hydrogens (tertiary/aromatic N) is 2. The second kappa shape index (κ2) is 7.60. The van der Waals surface area contributed by atoms with Crippen molar-refractivity contribution in [2.24, 2.45) is 0 Å². The van der Waals surface area contributed by atoms with E-state index in [2.05, 4.69) is 4.98 Å². The molecule has 1 aliphatic heterocycles. The molecule has 0 unspecified atom stereocenters. The molecule has 1 amide bonds. The van der Waals surface area contributed by atoms with E-state index >= 15 is 0 Å². The van der Waals surface area contributed by atoms with Crippen molar-refractivity contribution in [3.63, 3.8) is 0 Å². The molecule has 0 N–H and O–H groups in total. The minimum Gasteiger partial charge on any atom is -0.491 e. The van der Waals surface area contributed by atoms with Crippen molar-refractivity contribution < 1.29 is 13.9 Å². The van der Waals surface area contributed by atoms with Crippen LogP contribution in [0.3, 0.4) is 0 Å². The lowest BCUT2D eigenvalue weighted by Crippen LogP contribution is -2.29. The van der Waals surface area contributed by atoms with Crippen molar-refractivity contribution in [1.29, 1.82) is 0 Å². The van der Waals surface area contributed by atoms with Gasteiger partial charge in [-0.05, 0) is 68.7 Å². The minimum absolute atomic E-state index is 0.00181. The predicted molar refractivity (Wildman–Crippen MR) is 125 cm³/mol. The van der Waals surface area contributed by atoms with E-state index in [1.165, 1.54) is 11.3 Å². The predicted octanol–water partition coefficient (Wildman–Crippen LogP) is 5.40. The van der Waals surface area contributed by atoms with Gasteiger partial charge in [-0.2, -0.15) is 0 Å². The Morgan fingerprint density at radius 3 is 2.62 bits per heavy atom. The number of fused-ring (bicyclic) bond motifs is 2. The van der Waals surface area contributed by atoms with Gasteiger partial charge in [-0.15, -0.1) is 11.3 Å². The number of carbonyl (C=O) groups excluding carboxylic acids is 1. The van der Waals surface area contributed by atoms with Crippen LogP contribution in [-0.2, 0) is 0 Å². The molecule has 2 aromatic carbocycles. The number of carbonyl (C=O) groups is 1. The average molecular weight is 447 g/mol. The topological polar surface area (TPSA) is 72.6 Å². The molecule has 0 aliphatic carbocycles. The number of aromatic nitrogens is 1. The van der Waals surface area contributed by atoms with Crippen molar-refractivity contribution in [1.82, 2.24) is 4.98 Å². The fourth-order valence-electron chi connectivity index (χ4n) is 4.11. The number of rotatable bonds is 4. The Balaban J connectivity index is 1.78. The molecule has 5 rings (SSSR count). The third kappa shape index (κ3) is 3.20. The molecule has 6 nitrogen and oxygen atoms in total. The molecule has 1 aliphatic rings. The second-order valence-corrected chi connectivity index (χ2v) is 9.11. The summed E-state index contributed by atoms with van der Waals surface area (Å²) in [7, 11) is 0. The van der Waals surface area contributed by atoms with Crippen LogP contribution in [0.1, 0.15) is 52.7 Å². The Morgan fingerprint density at radius 2 is 1.91 bits per heavy atom. The second-order valence-electron chi connectivity index (χ2n) is 8.24. The van der Waals surface area contributed by atoms with E-state index in [-0.39, 0.29) is 23.2 Å². The zero-order valence-corrected chi connectivity index (χ0v) is 19.0. The van der Waals surface area contributed by atoms with Gasteiger partial charge in [-0.25, -0.2) is 4.98 Å². The number of hydrogen-bond donors (Lipinski definition) is 0. The van der Waals surface area contributed by atoms with Crippen LogP contribution in [0.4, 0.5) is 5.13 Å². The number of ether oxygens (including phenoxy) is 1. The number of aryl methyl sites for hydroxylation is 2. The molecule has 7 heteroatoms. The molecule has 0 bridgehead atoms. The third-order valence-electron chi connectivity index (χ3n) is 5.66. The van der Waals surface area contributed by atoms with Crippen LogP contribution in [-0.4, -0.2) is 17.0 Å². The monoisotopic (exact) mass is 446 g/mol. The highest BCUT2D eigenvalue weighted by atomic mass is 32.1. The third-order valence-corrected chi connectivity index (χ3v) is 6.43. The molecule has 0 radical (unpaired) electrons. The molecule has 162 valence electrons. The summed E-state index contributed by atoms with van der Waals surface area (Å²) in [6, 6.07) is 10.5. The van der Waals surface area contributed by atoms with Crippen LogP contribution in [0.15, 0.2) is 57.2 Å². The summed E-state index contributed by atoms with van der Waals surface area (Å²) in [4.78, 5) is 33.1. The SMILES string of the molecule is Cc1cc2oc3c(c(=O)c2cc1C)[C@H](c1cccc(OC(C)C)c1)N(c1nccs1)C3=O. The molecule has 0 saturated heterocycles. The Kier molecular flexibility index (Phi) is 4.86. The molecule has 1 atom stereocenters. The normalized spacial score (nSPS) is 15.6. The summed E-state index contributed by atoms with van der Waals surface area (Å²) < 4.78 is 11.9. The van der Waals surface area contributed by atoms with Crippen LogP contribution in [0.2, 0.25) is 0 Å². The maximum atomic E-state index is 13.7. The summed E-state index contributed by atoms with van der Waals surface area (Å²) in [5.41, 5.74) is 3.31. The van der Waals surface area contributed by atoms with Crippen LogP contribution in [0.25, 0.3) is 11.0 Å². The van der Waals surface area contributed by atoms with Crippen molar-refractivity contribution in [3.8, 4) is 5.75 Å². The Labute approximate surface area is 189 Å². The van der Waals surface area contributed by atoms with E-state index in [1.54, 1.807) is 16.5 Å². The van der Waals surface area contributed by atoms with Crippen LogP contribution in [0, 0.1) is 13.8 Å². The number of benzene rings is 2. The minimum atomic E-state index is -0.651. The number of hydrogen-bond acceptors (Lipinski definition) is 6. The lowest BCUT2D eigenvalue weighted by molar-refractivity contribution is 0.0971. The van der Waals surface area contributed by atoms with E-state index in [0.717, 1.165) is 16.7 Å². The van der Waals surface area contributed by atoms with E-state index < -0.39 is 6.04 Å². The lowest BCUT2D eigenvalue weighted by atomic mass is 9.97. The van der Waals surface area contributed by atoms with Gasteiger partial charge in [0.1, 0.15) is 11.3 Å². The van der Waals surface area contributed by atoms with Gasteiger partial charge in [0.05, 0.1) is 23.1 Å². The van der Waals surface area contributed by atoms with Crippen molar-refractivity contribution in [3.05, 3.63) is 86.2 Å². The Morgan fingerprint density at radius 1 is 1.12 bits per heavy atom. The highest BCUT2D eigenvalue weighted by Gasteiger charge is 2.44. The van der Waals surface area contributed by atoms with Gasteiger partial charge in [0.25, 0.3) is 5.91 Å². The lowest BCUT2D eigenvalue weighted by Gasteiger charge is -2.23. The molecule has 32 heavy (non-hydrogen) atoms. The van der Waals surface area contributed by atoms with Gasteiger partial charge < -0.3 is 9.15 Å². The Bertz CT molecular complexity index is 1410. The number of amides is 1. The quantitative estimate of drug-likeness (QED) is 0.419. The van der Waals surface area contributed by atoms with Gasteiger partial charge in [0, 0.05) is 11.6 Å². The smallest absolute Gasteiger partial charge is 0.297 e. The maximum absolute atomic E-state index is 13.7. The van der Waals surface area contributed by atoms with Crippen molar-refractivity contribution >= 4 is 33.3 Å². The largest absolute Gasteiger partial charge is 0.491 e. The van der Waals surface area contributed by atoms with E-state index in [0.29, 0.717) is 27.4 Å². The van der Waals surface area contributed by atoms with Crippen LogP contribution >= 0.6 is 11.3 Å². The van der Waals surface area contributed by atoms with Gasteiger partial charge in [-0.1, -0.05) is 12.1 Å².